The van der Waals surface area contributed by atoms with Gasteiger partial charge in [-0.3, -0.25) is 9.69 Å². The van der Waals surface area contributed by atoms with Crippen molar-refractivity contribution in [3.63, 3.8) is 0 Å². The maximum Gasteiger partial charge on any atom is 0.403 e. The van der Waals surface area contributed by atoms with Crippen molar-refractivity contribution in [2.45, 2.75) is 52.0 Å². The van der Waals surface area contributed by atoms with Crippen LogP contribution in [0.15, 0.2) is 29.3 Å². The second-order valence-electron chi connectivity index (χ2n) is 8.15. The summed E-state index contributed by atoms with van der Waals surface area (Å²) in [5.41, 5.74) is 2.13. The number of piperazine rings is 1. The first-order valence-electron chi connectivity index (χ1n) is 11.0. The predicted octanol–water partition coefficient (Wildman–Crippen LogP) is 3.46. The molecule has 2 heterocycles. The zero-order chi connectivity index (χ0) is 22.4. The molecule has 3 rings (SSSR count). The van der Waals surface area contributed by atoms with Crippen LogP contribution in [0.5, 0.6) is 0 Å². The second-order valence-corrected chi connectivity index (χ2v) is 8.15. The monoisotopic (exact) mass is 567 g/mol. The topological polar surface area (TPSA) is 51.2 Å². The molecule has 2 saturated heterocycles. The van der Waals surface area contributed by atoms with E-state index in [0.717, 1.165) is 30.1 Å². The summed E-state index contributed by atoms with van der Waals surface area (Å²) in [4.78, 5) is 22.0. The molecule has 1 unspecified atom stereocenters. The fourth-order valence-electron chi connectivity index (χ4n) is 4.04. The van der Waals surface area contributed by atoms with Crippen molar-refractivity contribution >= 4 is 35.8 Å². The van der Waals surface area contributed by atoms with Crippen LogP contribution in [0.2, 0.25) is 0 Å². The second kappa shape index (κ2) is 12.1. The number of carbonyl (C=O) groups is 1. The van der Waals surface area contributed by atoms with Gasteiger partial charge in [-0.1, -0.05) is 24.3 Å². The molecule has 0 radical (unpaired) electrons. The number of likely N-dealkylation sites (tertiary alicyclic amines) is 1. The van der Waals surface area contributed by atoms with Crippen molar-refractivity contribution in [2.24, 2.45) is 4.99 Å². The molecule has 2 fully saturated rings. The SMILES string of the molecule is CCNC(=NCc1cccc(CN2CCCC2=O)c1)N1CCN(C(C)C(F)(F)F)CC1.I. The van der Waals surface area contributed by atoms with Gasteiger partial charge < -0.3 is 15.1 Å². The zero-order valence-corrected chi connectivity index (χ0v) is 21.0. The summed E-state index contributed by atoms with van der Waals surface area (Å²) < 4.78 is 39.0. The molecule has 0 aliphatic carbocycles. The lowest BCUT2D eigenvalue weighted by Crippen LogP contribution is -2.56. The van der Waals surface area contributed by atoms with Gasteiger partial charge in [0, 0.05) is 52.2 Å². The number of carbonyl (C=O) groups excluding carboxylic acids is 1. The number of alkyl halides is 3. The minimum atomic E-state index is -4.20. The number of rotatable bonds is 6. The molecule has 1 amide bonds. The highest BCUT2D eigenvalue weighted by molar-refractivity contribution is 14.0. The van der Waals surface area contributed by atoms with Gasteiger partial charge in [0.2, 0.25) is 5.91 Å². The van der Waals surface area contributed by atoms with Crippen molar-refractivity contribution in [2.75, 3.05) is 39.3 Å². The summed E-state index contributed by atoms with van der Waals surface area (Å²) in [6.45, 7) is 7.50. The van der Waals surface area contributed by atoms with Gasteiger partial charge in [0.1, 0.15) is 6.04 Å². The summed E-state index contributed by atoms with van der Waals surface area (Å²) in [6.07, 6.45) is -2.65. The van der Waals surface area contributed by atoms with Crippen LogP contribution in [0.1, 0.15) is 37.8 Å². The first-order valence-corrected chi connectivity index (χ1v) is 11.0. The van der Waals surface area contributed by atoms with Crippen molar-refractivity contribution in [3.05, 3.63) is 35.4 Å². The van der Waals surface area contributed by atoms with Gasteiger partial charge in [-0.25, -0.2) is 4.99 Å². The Hall–Kier alpha value is -1.56. The van der Waals surface area contributed by atoms with E-state index < -0.39 is 12.2 Å². The summed E-state index contributed by atoms with van der Waals surface area (Å²) in [6, 6.07) is 6.64. The van der Waals surface area contributed by atoms with Crippen LogP contribution in [-0.2, 0) is 17.9 Å². The molecule has 180 valence electrons. The smallest absolute Gasteiger partial charge is 0.357 e. The maximum absolute atomic E-state index is 13.0. The van der Waals surface area contributed by atoms with Crippen molar-refractivity contribution in [1.82, 2.24) is 20.0 Å². The van der Waals surface area contributed by atoms with E-state index in [1.165, 1.54) is 11.8 Å². The molecule has 0 spiro atoms. The molecular formula is C22H33F3IN5O. The molecule has 32 heavy (non-hydrogen) atoms. The van der Waals surface area contributed by atoms with E-state index in [1.807, 2.05) is 34.9 Å². The van der Waals surface area contributed by atoms with E-state index in [4.69, 9.17) is 4.99 Å². The molecule has 2 aliphatic heterocycles. The molecule has 1 N–H and O–H groups in total. The molecule has 2 aliphatic rings. The minimum Gasteiger partial charge on any atom is -0.357 e. The van der Waals surface area contributed by atoms with E-state index in [2.05, 4.69) is 11.4 Å². The average molecular weight is 567 g/mol. The van der Waals surface area contributed by atoms with Crippen LogP contribution in [-0.4, -0.2) is 78.1 Å². The fourth-order valence-corrected chi connectivity index (χ4v) is 4.04. The number of halogens is 4. The predicted molar refractivity (Wildman–Crippen MR) is 130 cm³/mol. The van der Waals surface area contributed by atoms with Crippen molar-refractivity contribution in [1.29, 1.82) is 0 Å². The Labute approximate surface area is 205 Å². The van der Waals surface area contributed by atoms with Crippen LogP contribution in [0.3, 0.4) is 0 Å². The van der Waals surface area contributed by atoms with Gasteiger partial charge in [0.05, 0.1) is 6.54 Å². The standard InChI is InChI=1S/C22H32F3N5O.HI/c1-3-26-21(29-12-10-28(11-13-29)17(2)22(23,24)25)27-15-18-6-4-7-19(14-18)16-30-9-5-8-20(30)31;/h4,6-7,14,17H,3,5,8-13,15-16H2,1-2H3,(H,26,27);1H. The molecule has 1 atom stereocenters. The molecule has 0 aromatic heterocycles. The minimum absolute atomic E-state index is 0. The van der Waals surface area contributed by atoms with Crippen LogP contribution in [0.4, 0.5) is 13.2 Å². The van der Waals surface area contributed by atoms with Gasteiger partial charge in [-0.15, -0.1) is 24.0 Å². The van der Waals surface area contributed by atoms with Gasteiger partial charge in [0.25, 0.3) is 0 Å². The summed E-state index contributed by atoms with van der Waals surface area (Å²) in [5.74, 6) is 0.929. The molecular weight excluding hydrogens is 534 g/mol. The third kappa shape index (κ3) is 7.23. The average Bonchev–Trinajstić information content (AvgIpc) is 3.14. The molecule has 1 aromatic rings. The summed E-state index contributed by atoms with van der Waals surface area (Å²) in [5, 5.41) is 3.26. The summed E-state index contributed by atoms with van der Waals surface area (Å²) in [7, 11) is 0. The number of hydrogen-bond donors (Lipinski definition) is 1. The first-order chi connectivity index (χ1) is 14.8. The lowest BCUT2D eigenvalue weighted by Gasteiger charge is -2.39. The summed E-state index contributed by atoms with van der Waals surface area (Å²) >= 11 is 0. The van der Waals surface area contributed by atoms with Crippen LogP contribution in [0.25, 0.3) is 0 Å². The Morgan fingerprint density at radius 2 is 1.84 bits per heavy atom. The van der Waals surface area contributed by atoms with Crippen LogP contribution >= 0.6 is 24.0 Å². The third-order valence-electron chi connectivity index (χ3n) is 5.92. The van der Waals surface area contributed by atoms with E-state index in [9.17, 15) is 18.0 Å². The highest BCUT2D eigenvalue weighted by atomic mass is 127. The molecule has 1 aromatic carbocycles. The Morgan fingerprint density at radius 1 is 1.16 bits per heavy atom. The number of amides is 1. The van der Waals surface area contributed by atoms with Gasteiger partial charge in [-0.2, -0.15) is 13.2 Å². The number of aliphatic imine (C=N–C) groups is 1. The van der Waals surface area contributed by atoms with Gasteiger partial charge >= 0.3 is 6.18 Å². The van der Waals surface area contributed by atoms with E-state index in [-0.39, 0.29) is 29.9 Å². The Morgan fingerprint density at radius 3 is 2.44 bits per heavy atom. The van der Waals surface area contributed by atoms with Crippen LogP contribution < -0.4 is 5.32 Å². The Kier molecular flexibility index (Phi) is 10.1. The van der Waals surface area contributed by atoms with Crippen LogP contribution in [0, 0.1) is 0 Å². The zero-order valence-electron chi connectivity index (χ0n) is 18.7. The maximum atomic E-state index is 13.0. The number of hydrogen-bond acceptors (Lipinski definition) is 3. The lowest BCUT2D eigenvalue weighted by atomic mass is 10.1. The molecule has 10 heteroatoms. The number of benzene rings is 1. The Balaban J connectivity index is 0.00000363. The van der Waals surface area contributed by atoms with E-state index >= 15 is 0 Å². The van der Waals surface area contributed by atoms with Gasteiger partial charge in [-0.05, 0) is 31.4 Å². The van der Waals surface area contributed by atoms with E-state index in [0.29, 0.717) is 52.2 Å². The largest absolute Gasteiger partial charge is 0.403 e. The van der Waals surface area contributed by atoms with E-state index in [1.54, 1.807) is 0 Å². The Bertz CT molecular complexity index is 781. The quantitative estimate of drug-likeness (QED) is 0.325. The number of nitrogens with zero attached hydrogens (tertiary/aromatic N) is 4. The molecule has 6 nitrogen and oxygen atoms in total. The number of guanidine groups is 1. The molecule has 0 saturated carbocycles. The normalized spacial score (nSPS) is 19.2. The van der Waals surface area contributed by atoms with Crippen molar-refractivity contribution in [3.8, 4) is 0 Å². The fraction of sp³-hybridized carbons (Fsp3) is 0.636. The molecule has 0 bridgehead atoms. The third-order valence-corrected chi connectivity index (χ3v) is 5.92. The number of nitrogens with one attached hydrogen (secondary N) is 1. The van der Waals surface area contributed by atoms with Crippen molar-refractivity contribution < 1.29 is 18.0 Å². The lowest BCUT2D eigenvalue weighted by molar-refractivity contribution is -0.181. The highest BCUT2D eigenvalue weighted by Crippen LogP contribution is 2.25. The highest BCUT2D eigenvalue weighted by Gasteiger charge is 2.41. The van der Waals surface area contributed by atoms with Gasteiger partial charge in [0.15, 0.2) is 5.96 Å². The first kappa shape index (κ1) is 26.7.